The monoisotopic (exact) mass is 539 g/mol. The summed E-state index contributed by atoms with van der Waals surface area (Å²) in [7, 11) is -3.14. The topological polar surface area (TPSA) is 81.5 Å². The Morgan fingerprint density at radius 1 is 1.14 bits per heavy atom. The van der Waals surface area contributed by atoms with Gasteiger partial charge in [0, 0.05) is 17.3 Å². The number of thiocarbonyl (C=S) groups is 1. The SMILES string of the molecule is CC(C)Oc1ccc(-c2nn(-c3ccccc3)cc2/C=C2\SC(=S)N([C@@H]3CCS(=O)(=O)C3)C2=O)cc1. The van der Waals surface area contributed by atoms with Gasteiger partial charge in [0.1, 0.15) is 10.1 Å². The maximum Gasteiger partial charge on any atom is 0.266 e. The van der Waals surface area contributed by atoms with Crippen molar-refractivity contribution in [2.24, 2.45) is 0 Å². The standard InChI is InChI=1S/C26H25N3O4S3/c1-17(2)33-22-10-8-18(9-11-22)24-19(15-28(27-24)20-6-4-3-5-7-20)14-23-25(30)29(26(34)35-23)21-12-13-36(31,32)16-21/h3-11,14-15,17,21H,12-13,16H2,1-2H3/b23-14-/t21-/m1/s1. The molecule has 2 aromatic carbocycles. The van der Waals surface area contributed by atoms with Crippen LogP contribution in [0.25, 0.3) is 23.0 Å². The highest BCUT2D eigenvalue weighted by molar-refractivity contribution is 8.26. The molecule has 1 amide bonds. The molecule has 1 aromatic heterocycles. The van der Waals surface area contributed by atoms with Gasteiger partial charge in [-0.2, -0.15) is 5.10 Å². The number of amides is 1. The number of aromatic nitrogens is 2. The molecule has 2 aliphatic rings. The molecular weight excluding hydrogens is 515 g/mol. The minimum Gasteiger partial charge on any atom is -0.491 e. The number of benzene rings is 2. The summed E-state index contributed by atoms with van der Waals surface area (Å²) < 4.78 is 31.9. The Bertz CT molecular complexity index is 1450. The van der Waals surface area contributed by atoms with Crippen molar-refractivity contribution in [3.63, 3.8) is 0 Å². The zero-order valence-electron chi connectivity index (χ0n) is 19.8. The molecule has 10 heteroatoms. The van der Waals surface area contributed by atoms with Crippen molar-refractivity contribution in [1.82, 2.24) is 14.7 Å². The molecule has 7 nitrogen and oxygen atoms in total. The van der Waals surface area contributed by atoms with Crippen LogP contribution in [0.2, 0.25) is 0 Å². The lowest BCUT2D eigenvalue weighted by Gasteiger charge is -2.20. The molecule has 0 saturated carbocycles. The highest BCUT2D eigenvalue weighted by Gasteiger charge is 2.42. The third-order valence-corrected chi connectivity index (χ3v) is 9.03. The van der Waals surface area contributed by atoms with Gasteiger partial charge in [0.25, 0.3) is 5.91 Å². The normalized spacial score (nSPS) is 20.6. The fourth-order valence-corrected chi connectivity index (χ4v) is 7.40. The molecule has 3 aromatic rings. The van der Waals surface area contributed by atoms with Gasteiger partial charge >= 0.3 is 0 Å². The molecule has 5 rings (SSSR count). The number of ether oxygens (including phenoxy) is 1. The van der Waals surface area contributed by atoms with Gasteiger partial charge in [0.2, 0.25) is 0 Å². The first-order chi connectivity index (χ1) is 17.2. The second kappa shape index (κ2) is 9.84. The van der Waals surface area contributed by atoms with Crippen molar-refractivity contribution >= 4 is 50.1 Å². The van der Waals surface area contributed by atoms with E-state index in [4.69, 9.17) is 22.1 Å². The number of carbonyl (C=O) groups excluding carboxylic acids is 1. The van der Waals surface area contributed by atoms with Crippen LogP contribution in [0.1, 0.15) is 25.8 Å². The molecule has 186 valence electrons. The molecule has 0 aliphatic carbocycles. The van der Waals surface area contributed by atoms with E-state index in [2.05, 4.69) is 0 Å². The predicted octanol–water partition coefficient (Wildman–Crippen LogP) is 4.71. The van der Waals surface area contributed by atoms with Crippen LogP contribution >= 0.6 is 24.0 Å². The van der Waals surface area contributed by atoms with Crippen LogP contribution in [0.4, 0.5) is 0 Å². The number of hydrogen-bond donors (Lipinski definition) is 0. The Labute approximate surface area is 220 Å². The van der Waals surface area contributed by atoms with Crippen molar-refractivity contribution in [2.75, 3.05) is 11.5 Å². The Hall–Kier alpha value is -2.95. The maximum atomic E-state index is 13.3. The van der Waals surface area contributed by atoms with Gasteiger partial charge < -0.3 is 4.74 Å². The first-order valence-electron chi connectivity index (χ1n) is 11.6. The Kier molecular flexibility index (Phi) is 6.76. The maximum absolute atomic E-state index is 13.3. The number of sulfone groups is 1. The number of para-hydroxylation sites is 1. The summed E-state index contributed by atoms with van der Waals surface area (Å²) in [4.78, 5) is 15.2. The van der Waals surface area contributed by atoms with E-state index < -0.39 is 15.9 Å². The average Bonchev–Trinajstić information content (AvgIpc) is 3.50. The summed E-state index contributed by atoms with van der Waals surface area (Å²) >= 11 is 6.68. The first kappa shape index (κ1) is 24.7. The highest BCUT2D eigenvalue weighted by Crippen LogP contribution is 2.38. The van der Waals surface area contributed by atoms with Gasteiger partial charge in [-0.3, -0.25) is 9.69 Å². The summed E-state index contributed by atoms with van der Waals surface area (Å²) in [5, 5.41) is 4.83. The van der Waals surface area contributed by atoms with E-state index in [1.54, 1.807) is 10.8 Å². The molecule has 0 radical (unpaired) electrons. The number of carbonyl (C=O) groups is 1. The van der Waals surface area contributed by atoms with E-state index in [9.17, 15) is 13.2 Å². The summed E-state index contributed by atoms with van der Waals surface area (Å²) in [6, 6.07) is 17.0. The lowest BCUT2D eigenvalue weighted by molar-refractivity contribution is -0.123. The lowest BCUT2D eigenvalue weighted by atomic mass is 10.1. The number of hydrogen-bond acceptors (Lipinski definition) is 7. The molecule has 0 bridgehead atoms. The Balaban J connectivity index is 1.52. The summed E-state index contributed by atoms with van der Waals surface area (Å²) in [5.41, 5.74) is 3.24. The Morgan fingerprint density at radius 2 is 1.86 bits per heavy atom. The third kappa shape index (κ3) is 5.11. The van der Waals surface area contributed by atoms with Crippen molar-refractivity contribution in [2.45, 2.75) is 32.4 Å². The molecule has 1 atom stereocenters. The van der Waals surface area contributed by atoms with Crippen molar-refractivity contribution in [3.05, 3.63) is 71.3 Å². The van der Waals surface area contributed by atoms with E-state index in [0.717, 1.165) is 22.6 Å². The fraction of sp³-hybridized carbons (Fsp3) is 0.269. The van der Waals surface area contributed by atoms with Crippen LogP contribution in [0.5, 0.6) is 5.75 Å². The van der Waals surface area contributed by atoms with Gasteiger partial charge in [-0.15, -0.1) is 0 Å². The average molecular weight is 540 g/mol. The summed E-state index contributed by atoms with van der Waals surface area (Å²) in [6.45, 7) is 3.95. The molecule has 0 unspecified atom stereocenters. The largest absolute Gasteiger partial charge is 0.491 e. The Morgan fingerprint density at radius 3 is 2.50 bits per heavy atom. The van der Waals surface area contributed by atoms with E-state index >= 15 is 0 Å². The van der Waals surface area contributed by atoms with Gasteiger partial charge in [-0.05, 0) is 62.7 Å². The van der Waals surface area contributed by atoms with Gasteiger partial charge in [0.05, 0.1) is 39.9 Å². The fourth-order valence-electron chi connectivity index (χ4n) is 4.31. The van der Waals surface area contributed by atoms with Gasteiger partial charge in [-0.25, -0.2) is 13.1 Å². The van der Waals surface area contributed by atoms with Crippen molar-refractivity contribution < 1.29 is 17.9 Å². The molecule has 0 spiro atoms. The van der Waals surface area contributed by atoms with Crippen LogP contribution < -0.4 is 4.74 Å². The van der Waals surface area contributed by atoms with E-state index in [0.29, 0.717) is 21.3 Å². The molecule has 0 N–H and O–H groups in total. The molecule has 36 heavy (non-hydrogen) atoms. The number of thioether (sulfide) groups is 1. The quantitative estimate of drug-likeness (QED) is 0.331. The van der Waals surface area contributed by atoms with Crippen molar-refractivity contribution in [3.8, 4) is 22.7 Å². The molecular formula is C26H25N3O4S3. The molecule has 2 saturated heterocycles. The van der Waals surface area contributed by atoms with Crippen LogP contribution in [0, 0.1) is 0 Å². The highest BCUT2D eigenvalue weighted by atomic mass is 32.2. The zero-order chi connectivity index (χ0) is 25.4. The lowest BCUT2D eigenvalue weighted by Crippen LogP contribution is -2.39. The second-order valence-electron chi connectivity index (χ2n) is 9.01. The van der Waals surface area contributed by atoms with Gasteiger partial charge in [-0.1, -0.05) is 42.2 Å². The number of nitrogens with zero attached hydrogens (tertiary/aromatic N) is 3. The zero-order valence-corrected chi connectivity index (χ0v) is 22.3. The predicted molar refractivity (Wildman–Crippen MR) is 147 cm³/mol. The van der Waals surface area contributed by atoms with Crippen LogP contribution in [0.3, 0.4) is 0 Å². The first-order valence-corrected chi connectivity index (χ1v) is 14.6. The molecule has 3 heterocycles. The van der Waals surface area contributed by atoms with Crippen LogP contribution in [0.15, 0.2) is 65.7 Å². The smallest absolute Gasteiger partial charge is 0.266 e. The minimum atomic E-state index is -3.14. The minimum absolute atomic E-state index is 0.0469. The van der Waals surface area contributed by atoms with E-state index in [-0.39, 0.29) is 23.5 Å². The number of rotatable bonds is 6. The van der Waals surface area contributed by atoms with Crippen LogP contribution in [-0.2, 0) is 14.6 Å². The van der Waals surface area contributed by atoms with E-state index in [1.807, 2.05) is 74.6 Å². The molecule has 2 fully saturated rings. The summed E-state index contributed by atoms with van der Waals surface area (Å²) in [6.07, 6.45) is 4.16. The van der Waals surface area contributed by atoms with Crippen LogP contribution in [-0.4, -0.2) is 57.0 Å². The molecule has 2 aliphatic heterocycles. The summed E-state index contributed by atoms with van der Waals surface area (Å²) in [5.74, 6) is 0.545. The van der Waals surface area contributed by atoms with Gasteiger partial charge in [0.15, 0.2) is 9.84 Å². The second-order valence-corrected chi connectivity index (χ2v) is 12.9. The third-order valence-electron chi connectivity index (χ3n) is 5.95. The van der Waals surface area contributed by atoms with Crippen molar-refractivity contribution in [1.29, 1.82) is 0 Å². The van der Waals surface area contributed by atoms with E-state index in [1.165, 1.54) is 16.7 Å².